The third kappa shape index (κ3) is 7.77. The van der Waals surface area contributed by atoms with Crippen molar-refractivity contribution in [2.75, 3.05) is 18.5 Å². The number of carboxylic acid groups (broad SMARTS) is 1. The van der Waals surface area contributed by atoms with Gasteiger partial charge < -0.3 is 20.5 Å². The van der Waals surface area contributed by atoms with Gasteiger partial charge in [-0.15, -0.1) is 0 Å². The van der Waals surface area contributed by atoms with Crippen LogP contribution in [0.25, 0.3) is 0 Å². The summed E-state index contributed by atoms with van der Waals surface area (Å²) < 4.78 is 5.78. The van der Waals surface area contributed by atoms with E-state index in [1.54, 1.807) is 84.9 Å². The molecule has 0 bridgehead atoms. The number of aliphatic carboxylic acids is 1. The van der Waals surface area contributed by atoms with Crippen molar-refractivity contribution in [1.82, 2.24) is 5.32 Å². The number of carbonyl (C=O) groups excluding carboxylic acids is 2. The summed E-state index contributed by atoms with van der Waals surface area (Å²) in [5.41, 5.74) is 2.31. The number of hydrogen-bond donors (Lipinski definition) is 3. The van der Waals surface area contributed by atoms with Gasteiger partial charge in [0.2, 0.25) is 5.91 Å². The van der Waals surface area contributed by atoms with Crippen LogP contribution in [-0.2, 0) is 21.4 Å². The van der Waals surface area contributed by atoms with Gasteiger partial charge in [-0.3, -0.25) is 9.59 Å². The minimum atomic E-state index is -1.03. The lowest BCUT2D eigenvalue weighted by molar-refractivity contribution is -0.137. The van der Waals surface area contributed by atoms with E-state index in [0.29, 0.717) is 34.1 Å². The van der Waals surface area contributed by atoms with Gasteiger partial charge in [-0.2, -0.15) is 0 Å². The minimum Gasteiger partial charge on any atom is -0.492 e. The fraction of sp³-hybridized carbons (Fsp3) is 0.206. The lowest BCUT2D eigenvalue weighted by Crippen LogP contribution is -2.41. The van der Waals surface area contributed by atoms with Gasteiger partial charge in [-0.05, 0) is 61.4 Å². The molecule has 0 heterocycles. The number of amides is 1. The summed E-state index contributed by atoms with van der Waals surface area (Å²) in [6.07, 6.45) is 0.194. The second-order valence-corrected chi connectivity index (χ2v) is 10.8. The monoisotopic (exact) mass is 584 g/mol. The van der Waals surface area contributed by atoms with Crippen LogP contribution in [0, 0.1) is 0 Å². The van der Waals surface area contributed by atoms with Gasteiger partial charge in [0, 0.05) is 28.3 Å². The van der Waals surface area contributed by atoms with Crippen LogP contribution in [0.2, 0.25) is 5.02 Å². The molecule has 216 valence electrons. The van der Waals surface area contributed by atoms with E-state index in [-0.39, 0.29) is 24.7 Å². The van der Waals surface area contributed by atoms with Crippen molar-refractivity contribution in [3.05, 3.63) is 130 Å². The van der Waals surface area contributed by atoms with E-state index in [4.69, 9.17) is 16.3 Å². The zero-order valence-corrected chi connectivity index (χ0v) is 24.2. The summed E-state index contributed by atoms with van der Waals surface area (Å²) in [7, 11) is 0. The van der Waals surface area contributed by atoms with E-state index in [2.05, 4.69) is 10.6 Å². The highest BCUT2D eigenvalue weighted by molar-refractivity contribution is 6.30. The second kappa shape index (κ2) is 13.8. The molecule has 0 aliphatic carbocycles. The third-order valence-corrected chi connectivity index (χ3v) is 7.24. The number of nitrogens with one attached hydrogen (secondary N) is 2. The molecule has 0 spiro atoms. The molecular formula is C34H33ClN2O5. The van der Waals surface area contributed by atoms with Crippen LogP contribution in [0.15, 0.2) is 103 Å². The van der Waals surface area contributed by atoms with Crippen molar-refractivity contribution in [1.29, 1.82) is 0 Å². The molecule has 1 amide bonds. The molecule has 0 radical (unpaired) electrons. The lowest BCUT2D eigenvalue weighted by atomic mass is 9.84. The minimum absolute atomic E-state index is 0.122. The number of ether oxygens (including phenoxy) is 1. The number of hydrogen-bond acceptors (Lipinski definition) is 5. The molecule has 1 atom stereocenters. The maximum absolute atomic E-state index is 13.1. The molecule has 8 heteroatoms. The van der Waals surface area contributed by atoms with Gasteiger partial charge in [-0.25, -0.2) is 4.79 Å². The topological polar surface area (TPSA) is 105 Å². The summed E-state index contributed by atoms with van der Waals surface area (Å²) in [5, 5.41) is 16.5. The smallest absolute Gasteiger partial charge is 0.326 e. The molecule has 0 fully saturated rings. The van der Waals surface area contributed by atoms with E-state index in [1.165, 1.54) is 0 Å². The standard InChI is InChI=1S/C34H33ClN2O5/c1-34(2,25-14-16-26(35)17-15-25)33(41)36-20-21-42-27-18-12-23(13-19-27)22-30(32(39)40)37-29-11-7-6-10-28(29)31(38)24-8-4-3-5-9-24/h3-19,30,37H,20-22H2,1-2H3,(H,36,41)(H,39,40). The summed E-state index contributed by atoms with van der Waals surface area (Å²) in [6.45, 7) is 4.30. The van der Waals surface area contributed by atoms with Gasteiger partial charge in [0.25, 0.3) is 0 Å². The molecule has 4 aromatic carbocycles. The average Bonchev–Trinajstić information content (AvgIpc) is 3.00. The molecule has 1 unspecified atom stereocenters. The van der Waals surface area contributed by atoms with Gasteiger partial charge in [0.1, 0.15) is 18.4 Å². The number of rotatable bonds is 13. The van der Waals surface area contributed by atoms with Gasteiger partial charge in [0.15, 0.2) is 5.78 Å². The highest BCUT2D eigenvalue weighted by Crippen LogP contribution is 2.25. The fourth-order valence-electron chi connectivity index (χ4n) is 4.45. The molecule has 7 nitrogen and oxygen atoms in total. The number of benzene rings is 4. The van der Waals surface area contributed by atoms with Crippen molar-refractivity contribution in [2.45, 2.75) is 31.7 Å². The Kier molecular flexibility index (Phi) is 9.99. The molecule has 0 saturated carbocycles. The number of para-hydroxylation sites is 1. The molecule has 4 rings (SSSR count). The number of anilines is 1. The highest BCUT2D eigenvalue weighted by atomic mass is 35.5. The largest absolute Gasteiger partial charge is 0.492 e. The van der Waals surface area contributed by atoms with E-state index < -0.39 is 17.4 Å². The maximum atomic E-state index is 13.1. The number of ketones is 1. The molecule has 0 saturated heterocycles. The number of carboxylic acids is 1. The number of carbonyl (C=O) groups is 3. The Hall–Kier alpha value is -4.62. The molecular weight excluding hydrogens is 552 g/mol. The Morgan fingerprint density at radius 2 is 1.50 bits per heavy atom. The average molecular weight is 585 g/mol. The van der Waals surface area contributed by atoms with Crippen molar-refractivity contribution in [2.24, 2.45) is 0 Å². The number of halogens is 1. The normalized spacial score (nSPS) is 11.8. The van der Waals surface area contributed by atoms with Crippen LogP contribution in [0.3, 0.4) is 0 Å². The first-order chi connectivity index (χ1) is 20.1. The van der Waals surface area contributed by atoms with Crippen molar-refractivity contribution >= 4 is 34.9 Å². The Labute approximate surface area is 250 Å². The summed E-state index contributed by atoms with van der Waals surface area (Å²) in [5.74, 6) is -0.741. The van der Waals surface area contributed by atoms with Crippen LogP contribution in [-0.4, -0.2) is 42.0 Å². The van der Waals surface area contributed by atoms with Crippen LogP contribution in [0.4, 0.5) is 5.69 Å². The van der Waals surface area contributed by atoms with Gasteiger partial charge >= 0.3 is 5.97 Å². The van der Waals surface area contributed by atoms with Crippen LogP contribution in [0.5, 0.6) is 5.75 Å². The predicted molar refractivity (Wildman–Crippen MR) is 164 cm³/mol. The van der Waals surface area contributed by atoms with Gasteiger partial charge in [0.05, 0.1) is 12.0 Å². The van der Waals surface area contributed by atoms with Crippen LogP contribution in [0.1, 0.15) is 40.9 Å². The predicted octanol–water partition coefficient (Wildman–Crippen LogP) is 6.15. The SMILES string of the molecule is CC(C)(C(=O)NCCOc1ccc(CC(Nc2ccccc2C(=O)c2ccccc2)C(=O)O)cc1)c1ccc(Cl)cc1. The molecule has 0 aliphatic rings. The van der Waals surface area contributed by atoms with Gasteiger partial charge in [-0.1, -0.05) is 78.3 Å². The highest BCUT2D eigenvalue weighted by Gasteiger charge is 2.29. The van der Waals surface area contributed by atoms with Crippen molar-refractivity contribution in [3.8, 4) is 5.75 Å². The first-order valence-corrected chi connectivity index (χ1v) is 14.0. The Morgan fingerprint density at radius 1 is 0.857 bits per heavy atom. The van der Waals surface area contributed by atoms with E-state index >= 15 is 0 Å². The Bertz CT molecular complexity index is 1520. The van der Waals surface area contributed by atoms with E-state index in [0.717, 1.165) is 11.1 Å². The van der Waals surface area contributed by atoms with Crippen molar-refractivity contribution < 1.29 is 24.2 Å². The molecule has 0 aromatic heterocycles. The summed E-state index contributed by atoms with van der Waals surface area (Å²) in [4.78, 5) is 37.9. The van der Waals surface area contributed by atoms with E-state index in [9.17, 15) is 19.5 Å². The molecule has 3 N–H and O–H groups in total. The van der Waals surface area contributed by atoms with Crippen LogP contribution < -0.4 is 15.4 Å². The van der Waals surface area contributed by atoms with Crippen molar-refractivity contribution in [3.63, 3.8) is 0 Å². The second-order valence-electron chi connectivity index (χ2n) is 10.4. The first-order valence-electron chi connectivity index (χ1n) is 13.6. The fourth-order valence-corrected chi connectivity index (χ4v) is 4.58. The molecule has 42 heavy (non-hydrogen) atoms. The van der Waals surface area contributed by atoms with Crippen LogP contribution >= 0.6 is 11.6 Å². The zero-order valence-electron chi connectivity index (χ0n) is 23.5. The lowest BCUT2D eigenvalue weighted by Gasteiger charge is -2.24. The quantitative estimate of drug-likeness (QED) is 0.129. The summed E-state index contributed by atoms with van der Waals surface area (Å²) in [6, 6.07) is 29.2. The molecule has 0 aliphatic heterocycles. The zero-order chi connectivity index (χ0) is 30.1. The Balaban J connectivity index is 1.31. The molecule has 4 aromatic rings. The first kappa shape index (κ1) is 30.3. The Morgan fingerprint density at radius 3 is 2.17 bits per heavy atom. The summed E-state index contributed by atoms with van der Waals surface area (Å²) >= 11 is 5.96. The third-order valence-electron chi connectivity index (χ3n) is 6.99. The maximum Gasteiger partial charge on any atom is 0.326 e. The van der Waals surface area contributed by atoms with E-state index in [1.807, 2.05) is 32.0 Å².